The van der Waals surface area contributed by atoms with Crippen molar-refractivity contribution in [3.8, 4) is 0 Å². The van der Waals surface area contributed by atoms with Crippen LogP contribution < -0.4 is 5.32 Å². The number of aliphatic imine (C=N–C) groups is 1. The zero-order chi connectivity index (χ0) is 18.4. The largest absolute Gasteiger partial charge is 0.381 e. The number of piperidine rings is 1. The van der Waals surface area contributed by atoms with Gasteiger partial charge in [-0.15, -0.1) is 0 Å². The monoisotopic (exact) mass is 360 g/mol. The maximum Gasteiger partial charge on any atom is 0.269 e. The number of likely N-dealkylation sites (tertiary alicyclic amines) is 1. The summed E-state index contributed by atoms with van der Waals surface area (Å²) in [6.45, 7) is 7.42. The van der Waals surface area contributed by atoms with Crippen LogP contribution in [0.25, 0.3) is 0 Å². The summed E-state index contributed by atoms with van der Waals surface area (Å²) in [4.78, 5) is 17.5. The van der Waals surface area contributed by atoms with Crippen LogP contribution in [0.1, 0.15) is 31.7 Å². The van der Waals surface area contributed by atoms with Crippen molar-refractivity contribution < 1.29 is 9.66 Å². The van der Waals surface area contributed by atoms with Crippen molar-refractivity contribution in [2.75, 3.05) is 32.8 Å². The molecule has 7 heteroatoms. The summed E-state index contributed by atoms with van der Waals surface area (Å²) >= 11 is 0. The Morgan fingerprint density at radius 2 is 2.04 bits per heavy atom. The molecule has 0 aliphatic carbocycles. The van der Waals surface area contributed by atoms with E-state index in [9.17, 15) is 10.1 Å². The van der Waals surface area contributed by atoms with Crippen molar-refractivity contribution in [3.05, 3.63) is 39.9 Å². The van der Waals surface area contributed by atoms with Gasteiger partial charge in [-0.3, -0.25) is 10.1 Å². The van der Waals surface area contributed by atoms with Gasteiger partial charge in [0.15, 0.2) is 5.96 Å². The minimum Gasteiger partial charge on any atom is -0.381 e. The standard InChI is InChI=1S/C19H28N4O3/c1-15-6-9-22(10-7-15)19(21-13-17-8-11-26-14-17)20-12-16-2-4-18(5-3-16)23(24)25/h2-5,15,17H,6-14H2,1H3,(H,20,21). The average molecular weight is 360 g/mol. The molecule has 0 spiro atoms. The Labute approximate surface area is 154 Å². The topological polar surface area (TPSA) is 80.0 Å². The highest BCUT2D eigenvalue weighted by molar-refractivity contribution is 5.80. The van der Waals surface area contributed by atoms with Crippen molar-refractivity contribution >= 4 is 11.6 Å². The lowest BCUT2D eigenvalue weighted by Gasteiger charge is -2.33. The molecule has 0 bridgehead atoms. The van der Waals surface area contributed by atoms with Gasteiger partial charge in [0, 0.05) is 44.3 Å². The Kier molecular flexibility index (Phi) is 6.44. The Bertz CT molecular complexity index is 618. The summed E-state index contributed by atoms with van der Waals surface area (Å²) in [7, 11) is 0. The summed E-state index contributed by atoms with van der Waals surface area (Å²) in [5, 5.41) is 14.3. The second-order valence-corrected chi connectivity index (χ2v) is 7.34. The van der Waals surface area contributed by atoms with E-state index in [1.54, 1.807) is 12.1 Å². The molecular weight excluding hydrogens is 332 g/mol. The first-order chi connectivity index (χ1) is 12.6. The van der Waals surface area contributed by atoms with Crippen LogP contribution in [0, 0.1) is 22.0 Å². The fraction of sp³-hybridized carbons (Fsp3) is 0.632. The minimum atomic E-state index is -0.376. The summed E-state index contributed by atoms with van der Waals surface area (Å²) in [5.41, 5.74) is 1.09. The van der Waals surface area contributed by atoms with Gasteiger partial charge in [-0.05, 0) is 30.7 Å². The van der Waals surface area contributed by atoms with E-state index in [0.717, 1.165) is 56.7 Å². The highest BCUT2D eigenvalue weighted by atomic mass is 16.6. The van der Waals surface area contributed by atoms with Crippen LogP contribution in [0.2, 0.25) is 0 Å². The van der Waals surface area contributed by atoms with Crippen molar-refractivity contribution in [3.63, 3.8) is 0 Å². The van der Waals surface area contributed by atoms with E-state index in [-0.39, 0.29) is 10.6 Å². The fourth-order valence-electron chi connectivity index (χ4n) is 3.36. The molecule has 7 nitrogen and oxygen atoms in total. The average Bonchev–Trinajstić information content (AvgIpc) is 3.17. The minimum absolute atomic E-state index is 0.113. The van der Waals surface area contributed by atoms with Crippen LogP contribution >= 0.6 is 0 Å². The molecule has 2 heterocycles. The Morgan fingerprint density at radius 3 is 2.65 bits per heavy atom. The van der Waals surface area contributed by atoms with E-state index in [1.165, 1.54) is 25.0 Å². The van der Waals surface area contributed by atoms with Crippen molar-refractivity contribution in [1.29, 1.82) is 0 Å². The Hall–Kier alpha value is -2.15. The molecule has 2 saturated heterocycles. The molecule has 1 aromatic carbocycles. The van der Waals surface area contributed by atoms with Crippen LogP contribution in [-0.2, 0) is 11.3 Å². The van der Waals surface area contributed by atoms with Gasteiger partial charge in [0.05, 0.1) is 18.1 Å². The normalized spacial score (nSPS) is 21.8. The predicted octanol–water partition coefficient (Wildman–Crippen LogP) is 2.81. The molecule has 0 aromatic heterocycles. The van der Waals surface area contributed by atoms with E-state index >= 15 is 0 Å². The highest BCUT2D eigenvalue weighted by Crippen LogP contribution is 2.17. The summed E-state index contributed by atoms with van der Waals surface area (Å²) in [6, 6.07) is 6.64. The molecule has 1 atom stereocenters. The van der Waals surface area contributed by atoms with E-state index in [4.69, 9.17) is 9.73 Å². The molecule has 0 radical (unpaired) electrons. The number of nitro groups is 1. The molecule has 2 fully saturated rings. The number of non-ortho nitro benzene ring substituents is 1. The van der Waals surface area contributed by atoms with Crippen LogP contribution in [-0.4, -0.2) is 48.6 Å². The lowest BCUT2D eigenvalue weighted by Crippen LogP contribution is -2.46. The number of hydrogen-bond acceptors (Lipinski definition) is 4. The third kappa shape index (κ3) is 5.17. The lowest BCUT2D eigenvalue weighted by molar-refractivity contribution is -0.384. The first kappa shape index (κ1) is 18.6. The van der Waals surface area contributed by atoms with Crippen molar-refractivity contribution in [2.45, 2.75) is 32.7 Å². The zero-order valence-electron chi connectivity index (χ0n) is 15.4. The number of guanidine groups is 1. The Balaban J connectivity index is 1.64. The first-order valence-corrected chi connectivity index (χ1v) is 9.46. The zero-order valence-corrected chi connectivity index (χ0v) is 15.4. The van der Waals surface area contributed by atoms with Gasteiger partial charge in [-0.1, -0.05) is 19.1 Å². The number of hydrogen-bond donors (Lipinski definition) is 1. The third-order valence-electron chi connectivity index (χ3n) is 5.21. The predicted molar refractivity (Wildman–Crippen MR) is 101 cm³/mol. The molecule has 142 valence electrons. The van der Waals surface area contributed by atoms with Gasteiger partial charge in [0.2, 0.25) is 0 Å². The molecule has 1 N–H and O–H groups in total. The highest BCUT2D eigenvalue weighted by Gasteiger charge is 2.21. The second-order valence-electron chi connectivity index (χ2n) is 7.34. The van der Waals surface area contributed by atoms with Crippen molar-refractivity contribution in [2.24, 2.45) is 16.8 Å². The van der Waals surface area contributed by atoms with Gasteiger partial charge in [-0.25, -0.2) is 4.99 Å². The van der Waals surface area contributed by atoms with E-state index in [2.05, 4.69) is 17.1 Å². The number of rotatable bonds is 5. The van der Waals surface area contributed by atoms with Gasteiger partial charge < -0.3 is 15.0 Å². The number of nitrogens with zero attached hydrogens (tertiary/aromatic N) is 3. The van der Waals surface area contributed by atoms with Crippen LogP contribution in [0.3, 0.4) is 0 Å². The first-order valence-electron chi connectivity index (χ1n) is 9.46. The summed E-state index contributed by atoms with van der Waals surface area (Å²) < 4.78 is 5.46. The summed E-state index contributed by atoms with van der Waals surface area (Å²) in [5.74, 6) is 2.26. The SMILES string of the molecule is CC1CCN(C(=NCc2ccc([N+](=O)[O-])cc2)NCC2CCOC2)CC1. The maximum absolute atomic E-state index is 10.8. The third-order valence-corrected chi connectivity index (χ3v) is 5.21. The fourth-order valence-corrected chi connectivity index (χ4v) is 3.36. The molecule has 0 saturated carbocycles. The summed E-state index contributed by atoms with van der Waals surface area (Å²) in [6.07, 6.45) is 3.47. The van der Waals surface area contributed by atoms with E-state index in [0.29, 0.717) is 12.5 Å². The quantitative estimate of drug-likeness (QED) is 0.378. The molecule has 1 aromatic rings. The second kappa shape index (κ2) is 8.98. The van der Waals surface area contributed by atoms with Gasteiger partial charge in [-0.2, -0.15) is 0 Å². The van der Waals surface area contributed by atoms with Crippen molar-refractivity contribution in [1.82, 2.24) is 10.2 Å². The number of nitrogens with one attached hydrogen (secondary N) is 1. The van der Waals surface area contributed by atoms with Crippen LogP contribution in [0.15, 0.2) is 29.3 Å². The molecule has 1 unspecified atom stereocenters. The molecule has 26 heavy (non-hydrogen) atoms. The molecule has 2 aliphatic heterocycles. The van der Waals surface area contributed by atoms with E-state index in [1.807, 2.05) is 0 Å². The lowest BCUT2D eigenvalue weighted by atomic mass is 9.99. The molecule has 2 aliphatic rings. The van der Waals surface area contributed by atoms with Crippen LogP contribution in [0.4, 0.5) is 5.69 Å². The van der Waals surface area contributed by atoms with Gasteiger partial charge in [0.25, 0.3) is 5.69 Å². The van der Waals surface area contributed by atoms with Gasteiger partial charge >= 0.3 is 0 Å². The smallest absolute Gasteiger partial charge is 0.269 e. The Morgan fingerprint density at radius 1 is 1.31 bits per heavy atom. The van der Waals surface area contributed by atoms with Crippen LogP contribution in [0.5, 0.6) is 0 Å². The molecule has 3 rings (SSSR count). The van der Waals surface area contributed by atoms with E-state index < -0.39 is 0 Å². The number of benzene rings is 1. The van der Waals surface area contributed by atoms with Gasteiger partial charge in [0.1, 0.15) is 0 Å². The number of nitro benzene ring substituents is 1. The maximum atomic E-state index is 10.8. The number of ether oxygens (including phenoxy) is 1. The molecule has 0 amide bonds. The molecular formula is C19H28N4O3.